The molecule has 0 spiro atoms. The smallest absolute Gasteiger partial charge is 0.254 e. The second-order valence-electron chi connectivity index (χ2n) is 6.32. The highest BCUT2D eigenvalue weighted by Crippen LogP contribution is 2.32. The van der Waals surface area contributed by atoms with Gasteiger partial charge in [-0.15, -0.1) is 0 Å². The van der Waals surface area contributed by atoms with Crippen LogP contribution >= 0.6 is 11.8 Å². The molecule has 0 radical (unpaired) electrons. The molecular weight excluding hydrogens is 298 g/mol. The third-order valence-corrected chi connectivity index (χ3v) is 5.75. The summed E-state index contributed by atoms with van der Waals surface area (Å²) in [5, 5.41) is 0.773. The fourth-order valence-electron chi connectivity index (χ4n) is 3.12. The van der Waals surface area contributed by atoms with Crippen molar-refractivity contribution in [2.24, 2.45) is 5.92 Å². The highest BCUT2D eigenvalue weighted by Gasteiger charge is 2.30. The van der Waals surface area contributed by atoms with Crippen LogP contribution in [-0.4, -0.2) is 39.2 Å². The molecule has 1 aromatic heterocycles. The van der Waals surface area contributed by atoms with Crippen LogP contribution in [0.1, 0.15) is 44.8 Å². The number of piperidine rings is 1. The number of carbonyl (C=O) groups is 1. The largest absolute Gasteiger partial charge is 0.343 e. The Bertz CT molecular complexity index is 620. The van der Waals surface area contributed by atoms with Gasteiger partial charge in [-0.2, -0.15) is 0 Å². The highest BCUT2D eigenvalue weighted by molar-refractivity contribution is 7.99. The number of hydrogen-bond donors (Lipinski definition) is 0. The van der Waals surface area contributed by atoms with E-state index in [4.69, 9.17) is 0 Å². The SMILES string of the molecule is CCc1cc(=O)n2c(n1)SCC2CC(=O)N1CCC(C)CC1. The topological polar surface area (TPSA) is 55.2 Å². The van der Waals surface area contributed by atoms with Crippen molar-refractivity contribution in [3.05, 3.63) is 22.1 Å². The van der Waals surface area contributed by atoms with Gasteiger partial charge in [-0.05, 0) is 25.2 Å². The lowest BCUT2D eigenvalue weighted by atomic mass is 9.99. The number of rotatable bonds is 3. The number of carbonyl (C=O) groups excluding carboxylic acids is 1. The first-order valence-corrected chi connectivity index (χ1v) is 9.10. The van der Waals surface area contributed by atoms with E-state index in [1.807, 2.05) is 11.8 Å². The summed E-state index contributed by atoms with van der Waals surface area (Å²) in [5.74, 6) is 1.66. The molecule has 0 aromatic carbocycles. The molecule has 1 saturated heterocycles. The van der Waals surface area contributed by atoms with Crippen LogP contribution in [0.3, 0.4) is 0 Å². The van der Waals surface area contributed by atoms with Gasteiger partial charge in [0.15, 0.2) is 5.16 Å². The monoisotopic (exact) mass is 321 g/mol. The zero-order valence-corrected chi connectivity index (χ0v) is 14.1. The average molecular weight is 321 g/mol. The lowest BCUT2D eigenvalue weighted by Crippen LogP contribution is -2.39. The van der Waals surface area contributed by atoms with Gasteiger partial charge in [0.25, 0.3) is 5.56 Å². The average Bonchev–Trinajstić information content (AvgIpc) is 2.91. The van der Waals surface area contributed by atoms with E-state index >= 15 is 0 Å². The fourth-order valence-corrected chi connectivity index (χ4v) is 4.29. The normalized spacial score (nSPS) is 21.9. The molecule has 1 aromatic rings. The van der Waals surface area contributed by atoms with E-state index in [1.165, 1.54) is 0 Å². The Labute approximate surface area is 135 Å². The summed E-state index contributed by atoms with van der Waals surface area (Å²) < 4.78 is 1.72. The van der Waals surface area contributed by atoms with E-state index in [0.717, 1.165) is 49.0 Å². The molecule has 1 fully saturated rings. The summed E-state index contributed by atoms with van der Waals surface area (Å²) in [7, 11) is 0. The third-order valence-electron chi connectivity index (χ3n) is 4.65. The van der Waals surface area contributed by atoms with E-state index in [1.54, 1.807) is 22.4 Å². The minimum atomic E-state index is -0.0437. The molecule has 1 atom stereocenters. The minimum absolute atomic E-state index is 0.0167. The van der Waals surface area contributed by atoms with Gasteiger partial charge in [0.2, 0.25) is 5.91 Å². The van der Waals surface area contributed by atoms with E-state index in [2.05, 4.69) is 11.9 Å². The number of amides is 1. The Morgan fingerprint density at radius 1 is 1.41 bits per heavy atom. The predicted octanol–water partition coefficient (Wildman–Crippen LogP) is 2.10. The van der Waals surface area contributed by atoms with Crippen LogP contribution in [0.4, 0.5) is 0 Å². The molecule has 0 saturated carbocycles. The summed E-state index contributed by atoms with van der Waals surface area (Å²) in [4.78, 5) is 31.2. The third kappa shape index (κ3) is 3.07. The van der Waals surface area contributed by atoms with E-state index in [0.29, 0.717) is 12.3 Å². The van der Waals surface area contributed by atoms with Crippen molar-refractivity contribution < 1.29 is 4.79 Å². The number of nitrogens with zero attached hydrogens (tertiary/aromatic N) is 3. The first-order chi connectivity index (χ1) is 10.6. The highest BCUT2D eigenvalue weighted by atomic mass is 32.2. The van der Waals surface area contributed by atoms with Crippen LogP contribution in [0, 0.1) is 5.92 Å². The number of likely N-dealkylation sites (tertiary alicyclic amines) is 1. The molecule has 6 heteroatoms. The van der Waals surface area contributed by atoms with Gasteiger partial charge in [-0.1, -0.05) is 25.6 Å². The van der Waals surface area contributed by atoms with Crippen molar-refractivity contribution in [1.82, 2.24) is 14.5 Å². The Morgan fingerprint density at radius 3 is 2.82 bits per heavy atom. The van der Waals surface area contributed by atoms with Gasteiger partial charge in [-0.3, -0.25) is 14.2 Å². The molecule has 2 aliphatic rings. The standard InChI is InChI=1S/C16H23N3O2S/c1-3-12-8-15(21)19-13(10-22-16(19)17-12)9-14(20)18-6-4-11(2)5-7-18/h8,11,13H,3-7,9-10H2,1-2H3. The van der Waals surface area contributed by atoms with E-state index in [9.17, 15) is 9.59 Å². The molecule has 120 valence electrons. The molecule has 1 amide bonds. The Morgan fingerprint density at radius 2 is 2.14 bits per heavy atom. The minimum Gasteiger partial charge on any atom is -0.343 e. The maximum atomic E-state index is 12.5. The zero-order chi connectivity index (χ0) is 15.7. The molecular formula is C16H23N3O2S. The van der Waals surface area contributed by atoms with Gasteiger partial charge >= 0.3 is 0 Å². The number of aryl methyl sites for hydroxylation is 1. The Balaban J connectivity index is 1.71. The molecule has 3 rings (SSSR count). The molecule has 22 heavy (non-hydrogen) atoms. The summed E-state index contributed by atoms with van der Waals surface area (Å²) in [6, 6.07) is 1.56. The van der Waals surface area contributed by atoms with Crippen molar-refractivity contribution >= 4 is 17.7 Å². The van der Waals surface area contributed by atoms with Gasteiger partial charge in [0.05, 0.1) is 6.04 Å². The number of hydrogen-bond acceptors (Lipinski definition) is 4. The van der Waals surface area contributed by atoms with Crippen molar-refractivity contribution in [1.29, 1.82) is 0 Å². The van der Waals surface area contributed by atoms with Crippen LogP contribution in [0.5, 0.6) is 0 Å². The summed E-state index contributed by atoms with van der Waals surface area (Å²) in [5.41, 5.74) is 0.817. The molecule has 0 N–H and O–H groups in total. The molecule has 3 heterocycles. The molecule has 1 unspecified atom stereocenters. The fraction of sp³-hybridized carbons (Fsp3) is 0.688. The summed E-state index contributed by atoms with van der Waals surface area (Å²) in [6.07, 6.45) is 3.35. The predicted molar refractivity (Wildman–Crippen MR) is 87.2 cm³/mol. The number of fused-ring (bicyclic) bond motifs is 1. The number of aromatic nitrogens is 2. The molecule has 2 aliphatic heterocycles. The maximum absolute atomic E-state index is 12.5. The van der Waals surface area contributed by atoms with Gasteiger partial charge in [0.1, 0.15) is 0 Å². The summed E-state index contributed by atoms with van der Waals surface area (Å²) >= 11 is 1.59. The second-order valence-corrected chi connectivity index (χ2v) is 7.31. The van der Waals surface area contributed by atoms with Crippen molar-refractivity contribution in [3.63, 3.8) is 0 Å². The Hall–Kier alpha value is -1.30. The van der Waals surface area contributed by atoms with Gasteiger partial charge in [-0.25, -0.2) is 4.98 Å². The quantitative estimate of drug-likeness (QED) is 0.800. The summed E-state index contributed by atoms with van der Waals surface area (Å²) in [6.45, 7) is 5.95. The van der Waals surface area contributed by atoms with Crippen molar-refractivity contribution in [3.8, 4) is 0 Å². The van der Waals surface area contributed by atoms with Crippen LogP contribution in [0.2, 0.25) is 0 Å². The first kappa shape index (κ1) is 15.6. The van der Waals surface area contributed by atoms with Gasteiger partial charge in [0, 0.05) is 37.0 Å². The number of thioether (sulfide) groups is 1. The second kappa shape index (κ2) is 6.44. The molecule has 0 bridgehead atoms. The zero-order valence-electron chi connectivity index (χ0n) is 13.2. The first-order valence-electron chi connectivity index (χ1n) is 8.11. The van der Waals surface area contributed by atoms with Crippen LogP contribution in [0.15, 0.2) is 16.0 Å². The lowest BCUT2D eigenvalue weighted by molar-refractivity contribution is -0.133. The maximum Gasteiger partial charge on any atom is 0.254 e. The van der Waals surface area contributed by atoms with Crippen molar-refractivity contribution in [2.75, 3.05) is 18.8 Å². The van der Waals surface area contributed by atoms with Crippen LogP contribution in [0.25, 0.3) is 0 Å². The van der Waals surface area contributed by atoms with E-state index in [-0.39, 0.29) is 17.5 Å². The van der Waals surface area contributed by atoms with Crippen molar-refractivity contribution in [2.45, 2.75) is 50.7 Å². The van der Waals surface area contributed by atoms with E-state index < -0.39 is 0 Å². The molecule has 5 nitrogen and oxygen atoms in total. The molecule has 0 aliphatic carbocycles. The van der Waals surface area contributed by atoms with Crippen LogP contribution in [-0.2, 0) is 11.2 Å². The lowest BCUT2D eigenvalue weighted by Gasteiger charge is -2.31. The van der Waals surface area contributed by atoms with Gasteiger partial charge < -0.3 is 4.90 Å². The Kier molecular flexibility index (Phi) is 4.57. The van der Waals surface area contributed by atoms with Crippen LogP contribution < -0.4 is 5.56 Å².